The first kappa shape index (κ1) is 24.5. The van der Waals surface area contributed by atoms with Crippen molar-refractivity contribution in [3.63, 3.8) is 0 Å². The van der Waals surface area contributed by atoms with Crippen LogP contribution in [-0.2, 0) is 26.7 Å². The normalized spacial score (nSPS) is 10.3. The number of hydrogen-bond acceptors (Lipinski definition) is 4. The van der Waals surface area contributed by atoms with Gasteiger partial charge >= 0.3 is 17.1 Å². The van der Waals surface area contributed by atoms with E-state index in [4.69, 9.17) is 0 Å². The third-order valence-electron chi connectivity index (χ3n) is 2.49. The summed E-state index contributed by atoms with van der Waals surface area (Å²) in [6.07, 6.45) is 3.96. The van der Waals surface area contributed by atoms with Crippen molar-refractivity contribution in [3.8, 4) is 0 Å². The van der Waals surface area contributed by atoms with E-state index in [0.717, 1.165) is 19.3 Å². The van der Waals surface area contributed by atoms with E-state index in [9.17, 15) is 19.8 Å². The van der Waals surface area contributed by atoms with Gasteiger partial charge in [0.1, 0.15) is 0 Å². The van der Waals surface area contributed by atoms with Gasteiger partial charge in [-0.1, -0.05) is 47.5 Å². The number of aliphatic carboxylic acids is 2. The molecule has 4 nitrogen and oxygen atoms in total. The molecule has 119 valence electrons. The molecule has 0 atom stereocenters. The largest absolute Gasteiger partial charge is 2.00 e. The monoisotopic (exact) mass is 327 g/mol. The van der Waals surface area contributed by atoms with Gasteiger partial charge in [-0.2, -0.15) is 0 Å². The van der Waals surface area contributed by atoms with Crippen LogP contribution in [0.15, 0.2) is 0 Å². The zero-order chi connectivity index (χ0) is 15.5. The molecular formula is C15H28MnO4. The summed E-state index contributed by atoms with van der Waals surface area (Å²) >= 11 is 0. The van der Waals surface area contributed by atoms with Crippen LogP contribution in [0.3, 0.4) is 0 Å². The summed E-state index contributed by atoms with van der Waals surface area (Å²) in [5, 5.41) is 19.9. The van der Waals surface area contributed by atoms with Gasteiger partial charge in [-0.25, -0.2) is 0 Å². The van der Waals surface area contributed by atoms with Crippen molar-refractivity contribution in [2.24, 2.45) is 11.3 Å². The van der Waals surface area contributed by atoms with Crippen LogP contribution < -0.4 is 10.2 Å². The second-order valence-electron chi connectivity index (χ2n) is 6.44. The fourth-order valence-electron chi connectivity index (χ4n) is 1.30. The van der Waals surface area contributed by atoms with Crippen LogP contribution >= 0.6 is 0 Å². The van der Waals surface area contributed by atoms with Crippen molar-refractivity contribution in [1.82, 2.24) is 0 Å². The third-order valence-corrected chi connectivity index (χ3v) is 2.49. The number of carboxylic acids is 2. The van der Waals surface area contributed by atoms with Crippen molar-refractivity contribution in [1.29, 1.82) is 0 Å². The molecule has 0 amide bonds. The fourth-order valence-corrected chi connectivity index (χ4v) is 1.30. The van der Waals surface area contributed by atoms with Crippen molar-refractivity contribution >= 4 is 11.9 Å². The molecule has 0 saturated carbocycles. The van der Waals surface area contributed by atoms with Crippen LogP contribution in [0.25, 0.3) is 0 Å². The summed E-state index contributed by atoms with van der Waals surface area (Å²) in [7, 11) is 0. The van der Waals surface area contributed by atoms with Crippen LogP contribution in [0.4, 0.5) is 0 Å². The molecular weight excluding hydrogens is 299 g/mol. The third kappa shape index (κ3) is 30.5. The molecule has 5 heteroatoms. The molecule has 20 heavy (non-hydrogen) atoms. The Bertz CT molecular complexity index is 257. The summed E-state index contributed by atoms with van der Waals surface area (Å²) < 4.78 is 0. The van der Waals surface area contributed by atoms with Gasteiger partial charge in [0.2, 0.25) is 0 Å². The number of hydrogen-bond donors (Lipinski definition) is 0. The van der Waals surface area contributed by atoms with E-state index >= 15 is 0 Å². The fraction of sp³-hybridized carbons (Fsp3) is 0.867. The Balaban J connectivity index is -0.000000277. The minimum absolute atomic E-state index is 0. The Hall–Kier alpha value is -0.541. The van der Waals surface area contributed by atoms with Crippen molar-refractivity contribution in [2.75, 3.05) is 0 Å². The zero-order valence-electron chi connectivity index (χ0n) is 13.3. The first-order valence-electron chi connectivity index (χ1n) is 6.94. The van der Waals surface area contributed by atoms with E-state index in [1.54, 1.807) is 0 Å². The average molecular weight is 327 g/mol. The quantitative estimate of drug-likeness (QED) is 0.524. The molecule has 1 radical (unpaired) electrons. The van der Waals surface area contributed by atoms with Gasteiger partial charge in [0.15, 0.2) is 0 Å². The molecule has 0 spiro atoms. The first-order chi connectivity index (χ1) is 8.54. The van der Waals surface area contributed by atoms with Crippen LogP contribution in [-0.4, -0.2) is 11.9 Å². The molecule has 0 rings (SSSR count). The summed E-state index contributed by atoms with van der Waals surface area (Å²) in [5.41, 5.74) is 0.111. The molecule has 0 aromatic rings. The molecule has 0 aromatic carbocycles. The molecule has 0 saturated heterocycles. The molecule has 0 N–H and O–H groups in total. The molecule has 0 aliphatic heterocycles. The Morgan fingerprint density at radius 3 is 1.65 bits per heavy atom. The van der Waals surface area contributed by atoms with Gasteiger partial charge in [0.25, 0.3) is 0 Å². The van der Waals surface area contributed by atoms with Crippen molar-refractivity contribution in [2.45, 2.75) is 73.1 Å². The number of rotatable bonds is 7. The minimum atomic E-state index is -0.954. The van der Waals surface area contributed by atoms with E-state index in [2.05, 4.69) is 13.8 Å². The average Bonchev–Trinajstić information content (AvgIpc) is 2.21. The smallest absolute Gasteiger partial charge is 0.550 e. The zero-order valence-corrected chi connectivity index (χ0v) is 14.5. The molecule has 0 aromatic heterocycles. The van der Waals surface area contributed by atoms with Gasteiger partial charge < -0.3 is 19.8 Å². The summed E-state index contributed by atoms with van der Waals surface area (Å²) in [6, 6.07) is 0. The molecule has 0 aliphatic carbocycles. The number of carbonyl (C=O) groups excluding carboxylic acids is 2. The summed E-state index contributed by atoms with van der Waals surface area (Å²) in [6.45, 7) is 10.3. The number of carbonyl (C=O) groups is 2. The molecule has 0 unspecified atom stereocenters. The van der Waals surface area contributed by atoms with Gasteiger partial charge in [-0.05, 0) is 37.0 Å². The predicted octanol–water partition coefficient (Wildman–Crippen LogP) is 1.51. The molecule has 0 fully saturated rings. The van der Waals surface area contributed by atoms with Gasteiger partial charge in [0, 0.05) is 11.9 Å². The Morgan fingerprint density at radius 2 is 1.40 bits per heavy atom. The maximum absolute atomic E-state index is 9.93. The Morgan fingerprint density at radius 1 is 0.950 bits per heavy atom. The van der Waals surface area contributed by atoms with Crippen molar-refractivity contribution in [3.05, 3.63) is 0 Å². The van der Waals surface area contributed by atoms with Gasteiger partial charge in [-0.3, -0.25) is 0 Å². The van der Waals surface area contributed by atoms with Crippen LogP contribution in [0.5, 0.6) is 0 Å². The first-order valence-corrected chi connectivity index (χ1v) is 6.94. The molecule has 0 heterocycles. The summed E-state index contributed by atoms with van der Waals surface area (Å²) in [4.78, 5) is 19.9. The van der Waals surface area contributed by atoms with E-state index in [1.165, 1.54) is 0 Å². The summed E-state index contributed by atoms with van der Waals surface area (Å²) in [5.74, 6) is -1.20. The van der Waals surface area contributed by atoms with Gasteiger partial charge in [-0.15, -0.1) is 0 Å². The predicted molar refractivity (Wildman–Crippen MR) is 72.0 cm³/mol. The van der Waals surface area contributed by atoms with Crippen LogP contribution in [0.2, 0.25) is 0 Å². The molecule has 0 aliphatic rings. The maximum Gasteiger partial charge on any atom is 2.00 e. The van der Waals surface area contributed by atoms with Crippen molar-refractivity contribution < 1.29 is 36.9 Å². The maximum atomic E-state index is 9.93. The van der Waals surface area contributed by atoms with E-state index in [0.29, 0.717) is 12.3 Å². The number of carboxylic acid groups (broad SMARTS) is 2. The second kappa shape index (κ2) is 13.4. The van der Waals surface area contributed by atoms with Crippen LogP contribution in [0, 0.1) is 11.3 Å². The Labute approximate surface area is 133 Å². The van der Waals surface area contributed by atoms with E-state index < -0.39 is 11.9 Å². The molecule has 0 bridgehead atoms. The van der Waals surface area contributed by atoms with E-state index in [1.807, 2.05) is 20.8 Å². The topological polar surface area (TPSA) is 80.3 Å². The minimum Gasteiger partial charge on any atom is -0.550 e. The van der Waals surface area contributed by atoms with Crippen LogP contribution in [0.1, 0.15) is 73.1 Å². The standard InChI is InChI=1S/C8H16O2.C7H14O2.Mn/c1-7(2)5-3-4-6-8(9)10;1-7(2,3)5-4-6(8)9;/h7H,3-6H2,1-2H3,(H,9,10);4-5H2,1-3H3,(H,8,9);/q;;+2/p-2. The number of unbranched alkanes of at least 4 members (excludes halogenated alkanes) is 1. The SMILES string of the molecule is CC(C)(C)CCC(=O)[O-].CC(C)CCCCC(=O)[O-].[Mn+2]. The Kier molecular flexibility index (Phi) is 16.5. The second-order valence-corrected chi connectivity index (χ2v) is 6.44. The van der Waals surface area contributed by atoms with E-state index in [-0.39, 0.29) is 35.3 Å². The van der Waals surface area contributed by atoms with Gasteiger partial charge in [0.05, 0.1) is 0 Å².